The average molecular weight is 296 g/mol. The van der Waals surface area contributed by atoms with Gasteiger partial charge in [0, 0.05) is 13.0 Å². The summed E-state index contributed by atoms with van der Waals surface area (Å²) in [7, 11) is 0. The van der Waals surface area contributed by atoms with Crippen molar-refractivity contribution in [1.82, 2.24) is 4.90 Å². The van der Waals surface area contributed by atoms with Crippen LogP contribution in [0.3, 0.4) is 0 Å². The predicted octanol–water partition coefficient (Wildman–Crippen LogP) is 5.06. The van der Waals surface area contributed by atoms with Gasteiger partial charge in [0.2, 0.25) is 0 Å². The van der Waals surface area contributed by atoms with E-state index in [9.17, 15) is 4.79 Å². The van der Waals surface area contributed by atoms with Gasteiger partial charge in [-0.15, -0.1) is 0 Å². The maximum atomic E-state index is 11.0. The van der Waals surface area contributed by atoms with E-state index in [-0.39, 0.29) is 0 Å². The van der Waals surface area contributed by atoms with Crippen LogP contribution >= 0.6 is 0 Å². The number of Topliss-reactive ketones (excluding diaryl/α,β-unsaturated/α-hetero) is 1. The predicted molar refractivity (Wildman–Crippen MR) is 91.6 cm³/mol. The summed E-state index contributed by atoms with van der Waals surface area (Å²) in [4.78, 5) is 13.5. The molecule has 21 heavy (non-hydrogen) atoms. The second kappa shape index (κ2) is 11.2. The Hall–Kier alpha value is -0.370. The summed E-state index contributed by atoms with van der Waals surface area (Å²) in [6.45, 7) is 9.75. The van der Waals surface area contributed by atoms with Gasteiger partial charge in [-0.25, -0.2) is 0 Å². The molecule has 124 valence electrons. The summed E-state index contributed by atoms with van der Waals surface area (Å²) in [5.41, 5.74) is 0. The molecule has 1 rings (SSSR count). The van der Waals surface area contributed by atoms with Crippen LogP contribution in [0.5, 0.6) is 0 Å². The number of piperidine rings is 1. The molecule has 0 aromatic heterocycles. The third-order valence-corrected chi connectivity index (χ3v) is 5.11. The second-order valence-corrected chi connectivity index (χ2v) is 7.11. The van der Waals surface area contributed by atoms with Gasteiger partial charge >= 0.3 is 0 Å². The number of nitrogens with zero attached hydrogens (tertiary/aromatic N) is 1. The Morgan fingerprint density at radius 3 is 2.24 bits per heavy atom. The SMILES string of the molecule is CCCC(CCC)CCCC1CCN(CCC(C)=O)CC1. The van der Waals surface area contributed by atoms with Crippen molar-refractivity contribution in [3.8, 4) is 0 Å². The van der Waals surface area contributed by atoms with Crippen molar-refractivity contribution in [1.29, 1.82) is 0 Å². The van der Waals surface area contributed by atoms with Gasteiger partial charge in [0.1, 0.15) is 5.78 Å². The molecule has 1 saturated heterocycles. The number of rotatable bonds is 11. The third-order valence-electron chi connectivity index (χ3n) is 5.11. The molecule has 0 aromatic rings. The van der Waals surface area contributed by atoms with E-state index in [0.29, 0.717) is 5.78 Å². The van der Waals surface area contributed by atoms with Crippen molar-refractivity contribution in [2.75, 3.05) is 19.6 Å². The lowest BCUT2D eigenvalue weighted by molar-refractivity contribution is -0.117. The zero-order valence-corrected chi connectivity index (χ0v) is 14.7. The molecule has 1 fully saturated rings. The summed E-state index contributed by atoms with van der Waals surface area (Å²) in [6, 6.07) is 0. The quantitative estimate of drug-likeness (QED) is 0.531. The Labute approximate surface area is 132 Å². The van der Waals surface area contributed by atoms with Crippen LogP contribution in [-0.2, 0) is 4.79 Å². The van der Waals surface area contributed by atoms with Crippen LogP contribution in [0.4, 0.5) is 0 Å². The van der Waals surface area contributed by atoms with Gasteiger partial charge in [-0.2, -0.15) is 0 Å². The fourth-order valence-electron chi connectivity index (χ4n) is 3.76. The highest BCUT2D eigenvalue weighted by molar-refractivity contribution is 5.75. The number of carbonyl (C=O) groups is 1. The van der Waals surface area contributed by atoms with E-state index in [1.54, 1.807) is 6.92 Å². The first-order valence-electron chi connectivity index (χ1n) is 9.37. The fraction of sp³-hybridized carbons (Fsp3) is 0.947. The van der Waals surface area contributed by atoms with E-state index >= 15 is 0 Å². The molecule has 0 saturated carbocycles. The van der Waals surface area contributed by atoms with Gasteiger partial charge < -0.3 is 4.90 Å². The lowest BCUT2D eigenvalue weighted by Gasteiger charge is -2.32. The second-order valence-electron chi connectivity index (χ2n) is 7.11. The molecule has 2 heteroatoms. The number of hydrogen-bond acceptors (Lipinski definition) is 2. The van der Waals surface area contributed by atoms with Crippen LogP contribution in [0.25, 0.3) is 0 Å². The van der Waals surface area contributed by atoms with E-state index in [0.717, 1.165) is 24.8 Å². The van der Waals surface area contributed by atoms with Crippen LogP contribution in [0.15, 0.2) is 0 Å². The minimum atomic E-state index is 0.329. The first-order chi connectivity index (χ1) is 10.2. The molecule has 0 bridgehead atoms. The van der Waals surface area contributed by atoms with Gasteiger partial charge in [-0.1, -0.05) is 58.8 Å². The van der Waals surface area contributed by atoms with E-state index < -0.39 is 0 Å². The lowest BCUT2D eigenvalue weighted by atomic mass is 9.87. The summed E-state index contributed by atoms with van der Waals surface area (Å²) in [5.74, 6) is 2.26. The highest BCUT2D eigenvalue weighted by Gasteiger charge is 2.19. The van der Waals surface area contributed by atoms with Crippen molar-refractivity contribution < 1.29 is 4.79 Å². The molecule has 0 amide bonds. The molecule has 0 radical (unpaired) electrons. The first-order valence-corrected chi connectivity index (χ1v) is 9.37. The summed E-state index contributed by atoms with van der Waals surface area (Å²) in [6.07, 6.45) is 13.3. The Morgan fingerprint density at radius 2 is 1.71 bits per heavy atom. The van der Waals surface area contributed by atoms with Crippen molar-refractivity contribution in [3.63, 3.8) is 0 Å². The Bertz CT molecular complexity index is 263. The Kier molecular flexibility index (Phi) is 9.99. The van der Waals surface area contributed by atoms with Crippen molar-refractivity contribution in [3.05, 3.63) is 0 Å². The fourth-order valence-corrected chi connectivity index (χ4v) is 3.76. The summed E-state index contributed by atoms with van der Waals surface area (Å²) < 4.78 is 0. The molecule has 0 unspecified atom stereocenters. The van der Waals surface area contributed by atoms with Crippen LogP contribution in [0.1, 0.15) is 85.0 Å². The Morgan fingerprint density at radius 1 is 1.10 bits per heavy atom. The maximum absolute atomic E-state index is 11.0. The number of carbonyl (C=O) groups excluding carboxylic acids is 1. The van der Waals surface area contributed by atoms with Gasteiger partial charge in [0.15, 0.2) is 0 Å². The Balaban J connectivity index is 2.10. The molecular weight excluding hydrogens is 258 g/mol. The largest absolute Gasteiger partial charge is 0.303 e. The molecule has 0 spiro atoms. The highest BCUT2D eigenvalue weighted by atomic mass is 16.1. The first kappa shape index (κ1) is 18.7. The summed E-state index contributed by atoms with van der Waals surface area (Å²) in [5, 5.41) is 0. The van der Waals surface area contributed by atoms with Gasteiger partial charge in [0.05, 0.1) is 0 Å². The molecule has 0 aliphatic carbocycles. The van der Waals surface area contributed by atoms with E-state index in [2.05, 4.69) is 18.7 Å². The maximum Gasteiger partial charge on any atom is 0.131 e. The lowest BCUT2D eigenvalue weighted by Crippen LogP contribution is -2.35. The molecule has 0 atom stereocenters. The minimum Gasteiger partial charge on any atom is -0.303 e. The third kappa shape index (κ3) is 8.60. The standard InChI is InChI=1S/C19H37NO/c1-4-7-18(8-5-2)9-6-10-19-12-15-20(16-13-19)14-11-17(3)21/h18-19H,4-16H2,1-3H3. The van der Waals surface area contributed by atoms with Crippen molar-refractivity contribution in [2.45, 2.75) is 85.0 Å². The number of ketones is 1. The molecule has 0 aromatic carbocycles. The van der Waals surface area contributed by atoms with Crippen LogP contribution < -0.4 is 0 Å². The van der Waals surface area contributed by atoms with Crippen LogP contribution in [0.2, 0.25) is 0 Å². The van der Waals surface area contributed by atoms with E-state index in [1.807, 2.05) is 0 Å². The van der Waals surface area contributed by atoms with Crippen LogP contribution in [-0.4, -0.2) is 30.3 Å². The molecule has 2 nitrogen and oxygen atoms in total. The zero-order valence-electron chi connectivity index (χ0n) is 14.7. The van der Waals surface area contributed by atoms with Crippen molar-refractivity contribution >= 4 is 5.78 Å². The average Bonchev–Trinajstić information content (AvgIpc) is 2.47. The smallest absolute Gasteiger partial charge is 0.131 e. The molecule has 1 heterocycles. The molecule has 1 aliphatic heterocycles. The van der Waals surface area contributed by atoms with Gasteiger partial charge in [0.25, 0.3) is 0 Å². The normalized spacial score (nSPS) is 17.5. The van der Waals surface area contributed by atoms with Gasteiger partial charge in [-0.3, -0.25) is 4.79 Å². The van der Waals surface area contributed by atoms with Crippen molar-refractivity contribution in [2.24, 2.45) is 11.8 Å². The molecule has 1 aliphatic rings. The number of likely N-dealkylation sites (tertiary alicyclic amines) is 1. The highest BCUT2D eigenvalue weighted by Crippen LogP contribution is 2.26. The zero-order chi connectivity index (χ0) is 15.5. The molecular formula is C19H37NO. The topological polar surface area (TPSA) is 20.3 Å². The van der Waals surface area contributed by atoms with E-state index in [1.165, 1.54) is 70.9 Å². The minimum absolute atomic E-state index is 0.329. The summed E-state index contributed by atoms with van der Waals surface area (Å²) >= 11 is 0. The van der Waals surface area contributed by atoms with Crippen LogP contribution in [0, 0.1) is 11.8 Å². The monoisotopic (exact) mass is 295 g/mol. The van der Waals surface area contributed by atoms with E-state index in [4.69, 9.17) is 0 Å². The van der Waals surface area contributed by atoms with Gasteiger partial charge in [-0.05, 0) is 44.7 Å². The molecule has 0 N–H and O–H groups in total. The number of hydrogen-bond donors (Lipinski definition) is 0.